The Morgan fingerprint density at radius 3 is 2.17 bits per heavy atom. The summed E-state index contributed by atoms with van der Waals surface area (Å²) in [7, 11) is -3.74. The standard InChI is InChI=1S/C22H20ClNO4S/c1-2-24(19-9-4-3-5-10-19)29(26,27)20-14-12-17(13-15-20)22(25)28-16-18-8-6-7-11-21(18)23/h3-15H,2,16H2,1H3. The lowest BCUT2D eigenvalue weighted by Gasteiger charge is -2.22. The normalized spacial score (nSPS) is 11.1. The summed E-state index contributed by atoms with van der Waals surface area (Å²) in [5, 5.41) is 0.516. The predicted octanol–water partition coefficient (Wildman–Crippen LogP) is 4.91. The minimum atomic E-state index is -3.74. The summed E-state index contributed by atoms with van der Waals surface area (Å²) in [6.07, 6.45) is 0. The number of anilines is 1. The van der Waals surface area contributed by atoms with Crippen LogP contribution in [0.2, 0.25) is 5.02 Å². The van der Waals surface area contributed by atoms with Gasteiger partial charge in [-0.15, -0.1) is 0 Å². The molecule has 0 aromatic heterocycles. The molecule has 0 aliphatic heterocycles. The Kier molecular flexibility index (Phi) is 6.56. The zero-order valence-electron chi connectivity index (χ0n) is 15.8. The van der Waals surface area contributed by atoms with E-state index in [2.05, 4.69) is 0 Å². The van der Waals surface area contributed by atoms with Gasteiger partial charge in [0.05, 0.1) is 16.1 Å². The predicted molar refractivity (Wildman–Crippen MR) is 114 cm³/mol. The van der Waals surface area contributed by atoms with Crippen LogP contribution in [0.15, 0.2) is 83.8 Å². The first kappa shape index (κ1) is 20.9. The third-order valence-corrected chi connectivity index (χ3v) is 6.61. The number of halogens is 1. The van der Waals surface area contributed by atoms with Crippen LogP contribution in [0.3, 0.4) is 0 Å². The van der Waals surface area contributed by atoms with Crippen LogP contribution in [0, 0.1) is 0 Å². The second-order valence-electron chi connectivity index (χ2n) is 6.20. The first-order chi connectivity index (χ1) is 13.9. The number of carbonyl (C=O) groups is 1. The molecule has 0 aliphatic carbocycles. The fourth-order valence-electron chi connectivity index (χ4n) is 2.82. The van der Waals surface area contributed by atoms with Gasteiger partial charge in [0.1, 0.15) is 6.61 Å². The van der Waals surface area contributed by atoms with Gasteiger partial charge in [0, 0.05) is 17.1 Å². The number of sulfonamides is 1. The number of hydrogen-bond acceptors (Lipinski definition) is 4. The first-order valence-corrected chi connectivity index (χ1v) is 10.8. The largest absolute Gasteiger partial charge is 0.457 e. The molecule has 7 heteroatoms. The number of ether oxygens (including phenoxy) is 1. The van der Waals surface area contributed by atoms with Gasteiger partial charge in [0.2, 0.25) is 0 Å². The van der Waals surface area contributed by atoms with E-state index in [4.69, 9.17) is 16.3 Å². The van der Waals surface area contributed by atoms with Gasteiger partial charge in [0.15, 0.2) is 0 Å². The third-order valence-electron chi connectivity index (χ3n) is 4.33. The van der Waals surface area contributed by atoms with E-state index in [-0.39, 0.29) is 23.6 Å². The van der Waals surface area contributed by atoms with Crippen molar-refractivity contribution in [3.05, 3.63) is 95.0 Å². The number of rotatable bonds is 7. The van der Waals surface area contributed by atoms with Crippen LogP contribution in [0.5, 0.6) is 0 Å². The van der Waals surface area contributed by atoms with Crippen molar-refractivity contribution in [3.8, 4) is 0 Å². The Balaban J connectivity index is 1.75. The van der Waals surface area contributed by atoms with Crippen LogP contribution in [0.1, 0.15) is 22.8 Å². The van der Waals surface area contributed by atoms with Gasteiger partial charge >= 0.3 is 5.97 Å². The Morgan fingerprint density at radius 2 is 1.55 bits per heavy atom. The van der Waals surface area contributed by atoms with E-state index in [1.807, 2.05) is 6.07 Å². The molecule has 0 spiro atoms. The van der Waals surface area contributed by atoms with Crippen molar-refractivity contribution < 1.29 is 17.9 Å². The van der Waals surface area contributed by atoms with E-state index < -0.39 is 16.0 Å². The number of para-hydroxylation sites is 1. The van der Waals surface area contributed by atoms with E-state index in [9.17, 15) is 13.2 Å². The minimum Gasteiger partial charge on any atom is -0.457 e. The quantitative estimate of drug-likeness (QED) is 0.500. The molecule has 3 rings (SSSR count). The molecule has 0 heterocycles. The molecule has 0 saturated heterocycles. The van der Waals surface area contributed by atoms with Crippen LogP contribution < -0.4 is 4.31 Å². The highest BCUT2D eigenvalue weighted by Crippen LogP contribution is 2.24. The maximum Gasteiger partial charge on any atom is 0.338 e. The van der Waals surface area contributed by atoms with E-state index in [0.717, 1.165) is 0 Å². The topological polar surface area (TPSA) is 63.7 Å². The van der Waals surface area contributed by atoms with Gasteiger partial charge in [0.25, 0.3) is 10.0 Å². The zero-order valence-corrected chi connectivity index (χ0v) is 17.4. The number of esters is 1. The number of carbonyl (C=O) groups excluding carboxylic acids is 1. The van der Waals surface area contributed by atoms with E-state index in [1.165, 1.54) is 28.6 Å². The summed E-state index contributed by atoms with van der Waals surface area (Å²) in [6, 6.07) is 21.7. The Labute approximate surface area is 175 Å². The van der Waals surface area contributed by atoms with Gasteiger partial charge in [-0.2, -0.15) is 0 Å². The highest BCUT2D eigenvalue weighted by atomic mass is 35.5. The van der Waals surface area contributed by atoms with E-state index in [1.54, 1.807) is 55.5 Å². The number of benzene rings is 3. The van der Waals surface area contributed by atoms with Crippen molar-refractivity contribution in [2.45, 2.75) is 18.4 Å². The summed E-state index contributed by atoms with van der Waals surface area (Å²) < 4.78 is 32.6. The van der Waals surface area contributed by atoms with Crippen molar-refractivity contribution in [3.63, 3.8) is 0 Å². The molecular weight excluding hydrogens is 410 g/mol. The van der Waals surface area contributed by atoms with Gasteiger partial charge < -0.3 is 4.74 Å². The molecule has 3 aromatic rings. The molecule has 0 aliphatic rings. The molecule has 0 saturated carbocycles. The molecule has 29 heavy (non-hydrogen) atoms. The molecule has 0 radical (unpaired) electrons. The SMILES string of the molecule is CCN(c1ccccc1)S(=O)(=O)c1ccc(C(=O)OCc2ccccc2Cl)cc1. The maximum absolute atomic E-state index is 13.0. The maximum atomic E-state index is 13.0. The van der Waals surface area contributed by atoms with Crippen molar-refractivity contribution >= 4 is 33.3 Å². The van der Waals surface area contributed by atoms with Crippen LogP contribution in [-0.4, -0.2) is 20.9 Å². The van der Waals surface area contributed by atoms with Crippen molar-refractivity contribution in [1.82, 2.24) is 0 Å². The van der Waals surface area contributed by atoms with Crippen molar-refractivity contribution in [2.24, 2.45) is 0 Å². The average molecular weight is 430 g/mol. The second kappa shape index (κ2) is 9.11. The second-order valence-corrected chi connectivity index (χ2v) is 8.47. The van der Waals surface area contributed by atoms with Crippen LogP contribution in [-0.2, 0) is 21.4 Å². The molecule has 3 aromatic carbocycles. The number of nitrogens with zero attached hydrogens (tertiary/aromatic N) is 1. The molecule has 0 N–H and O–H groups in total. The highest BCUT2D eigenvalue weighted by molar-refractivity contribution is 7.92. The minimum absolute atomic E-state index is 0.0379. The van der Waals surface area contributed by atoms with Gasteiger partial charge in [-0.05, 0) is 49.4 Å². The number of hydrogen-bond donors (Lipinski definition) is 0. The van der Waals surface area contributed by atoms with Crippen LogP contribution in [0.25, 0.3) is 0 Å². The van der Waals surface area contributed by atoms with Crippen LogP contribution >= 0.6 is 11.6 Å². The van der Waals surface area contributed by atoms with Crippen molar-refractivity contribution in [2.75, 3.05) is 10.8 Å². The third kappa shape index (κ3) is 4.78. The summed E-state index contributed by atoms with van der Waals surface area (Å²) in [5.41, 5.74) is 1.54. The summed E-state index contributed by atoms with van der Waals surface area (Å²) in [5.74, 6) is -0.552. The molecule has 150 valence electrons. The molecule has 0 fully saturated rings. The summed E-state index contributed by atoms with van der Waals surface area (Å²) >= 11 is 6.06. The lowest BCUT2D eigenvalue weighted by Crippen LogP contribution is -2.30. The summed E-state index contributed by atoms with van der Waals surface area (Å²) in [6.45, 7) is 2.09. The monoisotopic (exact) mass is 429 g/mol. The smallest absolute Gasteiger partial charge is 0.338 e. The van der Waals surface area contributed by atoms with Gasteiger partial charge in [-0.25, -0.2) is 13.2 Å². The Hall–Kier alpha value is -2.83. The van der Waals surface area contributed by atoms with E-state index in [0.29, 0.717) is 16.3 Å². The molecular formula is C22H20ClNO4S. The molecule has 0 unspecified atom stereocenters. The fraction of sp³-hybridized carbons (Fsp3) is 0.136. The molecule has 0 amide bonds. The summed E-state index contributed by atoms with van der Waals surface area (Å²) in [4.78, 5) is 12.4. The molecule has 5 nitrogen and oxygen atoms in total. The van der Waals surface area contributed by atoms with E-state index >= 15 is 0 Å². The Morgan fingerprint density at radius 1 is 0.931 bits per heavy atom. The van der Waals surface area contributed by atoms with Crippen LogP contribution in [0.4, 0.5) is 5.69 Å². The lowest BCUT2D eigenvalue weighted by molar-refractivity contribution is 0.0472. The molecule has 0 atom stereocenters. The highest BCUT2D eigenvalue weighted by Gasteiger charge is 2.23. The first-order valence-electron chi connectivity index (χ1n) is 9.02. The van der Waals surface area contributed by atoms with Gasteiger partial charge in [-0.3, -0.25) is 4.31 Å². The zero-order chi connectivity index (χ0) is 20.9. The fourth-order valence-corrected chi connectivity index (χ4v) is 4.48. The Bertz CT molecular complexity index is 1080. The molecule has 0 bridgehead atoms. The average Bonchev–Trinajstić information content (AvgIpc) is 2.74. The lowest BCUT2D eigenvalue weighted by atomic mass is 10.2. The van der Waals surface area contributed by atoms with Crippen molar-refractivity contribution in [1.29, 1.82) is 0 Å². The van der Waals surface area contributed by atoms with Gasteiger partial charge in [-0.1, -0.05) is 48.0 Å².